The number of halogens is 2. The summed E-state index contributed by atoms with van der Waals surface area (Å²) in [5, 5.41) is 14.0. The summed E-state index contributed by atoms with van der Waals surface area (Å²) >= 11 is 13.0. The van der Waals surface area contributed by atoms with E-state index < -0.39 is 11.4 Å². The maximum absolute atomic E-state index is 13.2. The van der Waals surface area contributed by atoms with E-state index in [9.17, 15) is 14.7 Å². The second-order valence-corrected chi connectivity index (χ2v) is 10.9. The van der Waals surface area contributed by atoms with Crippen LogP contribution in [-0.4, -0.2) is 76.9 Å². The first kappa shape index (κ1) is 28.7. The fourth-order valence-corrected chi connectivity index (χ4v) is 5.39. The van der Waals surface area contributed by atoms with Crippen LogP contribution >= 0.6 is 23.2 Å². The summed E-state index contributed by atoms with van der Waals surface area (Å²) in [5.74, 6) is -0.255. The highest BCUT2D eigenvalue weighted by Crippen LogP contribution is 2.36. The molecular formula is C29H30Cl2N6O4. The summed E-state index contributed by atoms with van der Waals surface area (Å²) in [6.45, 7) is 2.65. The summed E-state index contributed by atoms with van der Waals surface area (Å²) < 4.78 is 7.61. The van der Waals surface area contributed by atoms with Gasteiger partial charge in [0.2, 0.25) is 11.3 Å². The maximum Gasteiger partial charge on any atom is 0.341 e. The standard InChI is InChI=1S/C29H30Cl2N6O4/c1-35(2)12-10-32-26-8-7-18(15-34-26)37-16-21(29(39)40)27(38)20-13-23(31)25(14-24(20)37)36-11-4-5-19(36)17-41-28-22(30)6-3-9-33-28/h3,6-9,13-16,19H,4-5,10-12,17H2,1-2H3,(H,32,34)(H,39,40)/t19-/m1/s1. The van der Waals surface area contributed by atoms with Crippen LogP contribution in [-0.2, 0) is 0 Å². The third-order valence-electron chi connectivity index (χ3n) is 7.02. The predicted octanol–water partition coefficient (Wildman–Crippen LogP) is 4.81. The monoisotopic (exact) mass is 596 g/mol. The molecule has 0 bridgehead atoms. The smallest absolute Gasteiger partial charge is 0.341 e. The fraction of sp³-hybridized carbons (Fsp3) is 0.310. The Kier molecular flexibility index (Phi) is 8.63. The second-order valence-electron chi connectivity index (χ2n) is 10.1. The maximum atomic E-state index is 13.2. The van der Waals surface area contributed by atoms with E-state index in [-0.39, 0.29) is 17.0 Å². The molecule has 2 N–H and O–H groups in total. The van der Waals surface area contributed by atoms with Gasteiger partial charge in [-0.25, -0.2) is 14.8 Å². The first-order valence-electron chi connectivity index (χ1n) is 13.2. The molecule has 1 aliphatic rings. The molecule has 214 valence electrons. The quantitative estimate of drug-likeness (QED) is 0.266. The highest BCUT2D eigenvalue weighted by Gasteiger charge is 2.28. The number of fused-ring (bicyclic) bond motifs is 1. The number of carboxylic acid groups (broad SMARTS) is 1. The third-order valence-corrected chi connectivity index (χ3v) is 7.61. The molecule has 4 aromatic rings. The van der Waals surface area contributed by atoms with Gasteiger partial charge in [-0.15, -0.1) is 0 Å². The predicted molar refractivity (Wildman–Crippen MR) is 161 cm³/mol. The highest BCUT2D eigenvalue weighted by molar-refractivity contribution is 6.34. The van der Waals surface area contributed by atoms with Crippen LogP contribution in [0, 0.1) is 0 Å². The normalized spacial score (nSPS) is 15.0. The van der Waals surface area contributed by atoms with Gasteiger partial charge in [0.1, 0.15) is 23.0 Å². The van der Waals surface area contributed by atoms with Crippen LogP contribution in [0.15, 0.2) is 59.8 Å². The van der Waals surface area contributed by atoms with Crippen molar-refractivity contribution in [1.82, 2.24) is 19.4 Å². The molecule has 1 fully saturated rings. The lowest BCUT2D eigenvalue weighted by atomic mass is 10.1. The minimum Gasteiger partial charge on any atom is -0.477 e. The Morgan fingerprint density at radius 1 is 1.20 bits per heavy atom. The van der Waals surface area contributed by atoms with Gasteiger partial charge in [-0.1, -0.05) is 23.2 Å². The molecule has 0 aliphatic carbocycles. The molecule has 12 heteroatoms. The van der Waals surface area contributed by atoms with Gasteiger partial charge in [-0.05, 0) is 63.3 Å². The van der Waals surface area contributed by atoms with Crippen molar-refractivity contribution in [3.63, 3.8) is 0 Å². The van der Waals surface area contributed by atoms with Gasteiger partial charge in [0.05, 0.1) is 34.2 Å². The Bertz CT molecular complexity index is 1630. The van der Waals surface area contributed by atoms with Gasteiger partial charge in [0.25, 0.3) is 0 Å². The lowest BCUT2D eigenvalue weighted by molar-refractivity contribution is 0.0695. The second kappa shape index (κ2) is 12.3. The summed E-state index contributed by atoms with van der Waals surface area (Å²) in [4.78, 5) is 38.1. The number of hydrogen-bond acceptors (Lipinski definition) is 8. The zero-order valence-corrected chi connectivity index (χ0v) is 24.2. The van der Waals surface area contributed by atoms with Crippen molar-refractivity contribution >= 4 is 51.6 Å². The van der Waals surface area contributed by atoms with E-state index in [0.717, 1.165) is 38.2 Å². The number of benzene rings is 1. The number of anilines is 2. The number of aromatic carboxylic acids is 1. The molecular weight excluding hydrogens is 567 g/mol. The van der Waals surface area contributed by atoms with Gasteiger partial charge >= 0.3 is 5.97 Å². The molecule has 0 amide bonds. The minimum absolute atomic E-state index is 0.00400. The molecule has 3 aromatic heterocycles. The number of ether oxygens (including phenoxy) is 1. The Morgan fingerprint density at radius 2 is 2.02 bits per heavy atom. The van der Waals surface area contributed by atoms with Crippen LogP contribution in [0.5, 0.6) is 5.88 Å². The third kappa shape index (κ3) is 6.24. The Labute approximate surface area is 247 Å². The Morgan fingerprint density at radius 3 is 2.73 bits per heavy atom. The van der Waals surface area contributed by atoms with Crippen molar-refractivity contribution in [3.05, 3.63) is 80.8 Å². The molecule has 41 heavy (non-hydrogen) atoms. The van der Waals surface area contributed by atoms with Crippen LogP contribution in [0.4, 0.5) is 11.5 Å². The van der Waals surface area contributed by atoms with Crippen molar-refractivity contribution in [2.45, 2.75) is 18.9 Å². The molecule has 1 atom stereocenters. The number of hydrogen-bond donors (Lipinski definition) is 2. The van der Waals surface area contributed by atoms with Crippen LogP contribution in [0.25, 0.3) is 16.6 Å². The first-order chi connectivity index (χ1) is 19.7. The molecule has 0 saturated carbocycles. The number of aromatic nitrogens is 3. The number of nitrogens with one attached hydrogen (secondary N) is 1. The summed E-state index contributed by atoms with van der Waals surface area (Å²) in [6.07, 6.45) is 6.41. The molecule has 5 rings (SSSR count). The fourth-order valence-electron chi connectivity index (χ4n) is 4.94. The van der Waals surface area contributed by atoms with Gasteiger partial charge in [0.15, 0.2) is 0 Å². The molecule has 10 nitrogen and oxygen atoms in total. The van der Waals surface area contributed by atoms with Crippen LogP contribution in [0.3, 0.4) is 0 Å². The summed E-state index contributed by atoms with van der Waals surface area (Å²) in [6, 6.07) is 10.5. The highest BCUT2D eigenvalue weighted by atomic mass is 35.5. The van der Waals surface area contributed by atoms with Crippen molar-refractivity contribution in [2.75, 3.05) is 50.6 Å². The van der Waals surface area contributed by atoms with E-state index in [2.05, 4.69) is 25.1 Å². The number of rotatable bonds is 10. The topological polar surface area (TPSA) is 113 Å². The number of carbonyl (C=O) groups is 1. The molecule has 0 unspecified atom stereocenters. The summed E-state index contributed by atoms with van der Waals surface area (Å²) in [5.41, 5.74) is 0.903. The largest absolute Gasteiger partial charge is 0.477 e. The van der Waals surface area contributed by atoms with Gasteiger partial charge in [-0.2, -0.15) is 0 Å². The molecule has 0 spiro atoms. The van der Waals surface area contributed by atoms with Crippen molar-refractivity contribution in [2.24, 2.45) is 0 Å². The van der Waals surface area contributed by atoms with Crippen LogP contribution in [0.2, 0.25) is 10.0 Å². The average molecular weight is 598 g/mol. The number of pyridine rings is 3. The first-order valence-corrected chi connectivity index (χ1v) is 14.0. The molecule has 0 radical (unpaired) electrons. The minimum atomic E-state index is -1.31. The number of nitrogens with zero attached hydrogens (tertiary/aromatic N) is 5. The molecule has 1 saturated heterocycles. The SMILES string of the molecule is CN(C)CCNc1ccc(-n2cc(C(=O)O)c(=O)c3cc(Cl)c(N4CCC[C@@H]4COc4ncccc4Cl)cc32)cn1. The van der Waals surface area contributed by atoms with Crippen molar-refractivity contribution in [1.29, 1.82) is 0 Å². The van der Waals surface area contributed by atoms with Crippen molar-refractivity contribution in [3.8, 4) is 11.6 Å². The van der Waals surface area contributed by atoms with Crippen molar-refractivity contribution < 1.29 is 14.6 Å². The van der Waals surface area contributed by atoms with E-state index in [1.807, 2.05) is 32.3 Å². The Hall–Kier alpha value is -3.86. The lowest BCUT2D eigenvalue weighted by Gasteiger charge is -2.28. The lowest BCUT2D eigenvalue weighted by Crippen LogP contribution is -2.34. The molecule has 4 heterocycles. The zero-order chi connectivity index (χ0) is 29.1. The van der Waals surface area contributed by atoms with E-state index in [1.54, 1.807) is 35.2 Å². The van der Waals surface area contributed by atoms with Gasteiger partial charge in [-0.3, -0.25) is 4.79 Å². The molecule has 1 aromatic carbocycles. The van der Waals surface area contributed by atoms with Gasteiger partial charge < -0.3 is 29.5 Å². The molecule has 1 aliphatic heterocycles. The van der Waals surface area contributed by atoms with E-state index in [4.69, 9.17) is 27.9 Å². The van der Waals surface area contributed by atoms with Crippen LogP contribution < -0.4 is 20.4 Å². The zero-order valence-electron chi connectivity index (χ0n) is 22.7. The average Bonchev–Trinajstić information content (AvgIpc) is 3.41. The van der Waals surface area contributed by atoms with Crippen LogP contribution in [0.1, 0.15) is 23.2 Å². The van der Waals surface area contributed by atoms with E-state index >= 15 is 0 Å². The van der Waals surface area contributed by atoms with Gasteiger partial charge in [0, 0.05) is 37.4 Å². The Balaban J connectivity index is 1.52. The van der Waals surface area contributed by atoms with E-state index in [0.29, 0.717) is 39.6 Å². The number of likely N-dealkylation sites (N-methyl/N-ethyl adjacent to an activating group) is 1. The number of carboxylic acids is 1. The van der Waals surface area contributed by atoms with E-state index in [1.165, 1.54) is 6.20 Å². The summed E-state index contributed by atoms with van der Waals surface area (Å²) in [7, 11) is 3.99.